The van der Waals surface area contributed by atoms with Gasteiger partial charge in [-0.05, 0) is 30.3 Å². The van der Waals surface area contributed by atoms with Gasteiger partial charge < -0.3 is 11.1 Å². The average Bonchev–Trinajstić information content (AvgIpc) is 2.41. The van der Waals surface area contributed by atoms with Gasteiger partial charge in [-0.1, -0.05) is 18.3 Å². The Kier molecular flexibility index (Phi) is 4.23. The fraction of sp³-hybridized carbons (Fsp3) is 0. The summed E-state index contributed by atoms with van der Waals surface area (Å²) in [6.07, 6.45) is 0. The number of halogens is 3. The number of hydrogen-bond donors (Lipinski definition) is 2. The highest BCUT2D eigenvalue weighted by Gasteiger charge is 2.15. The molecule has 0 spiro atoms. The fourth-order valence-electron chi connectivity index (χ4n) is 1.71. The lowest BCUT2D eigenvalue weighted by atomic mass is 10.1. The molecule has 7 heteroatoms. The smallest absolute Gasteiger partial charge is 0.255 e. The van der Waals surface area contributed by atoms with Crippen LogP contribution in [0.5, 0.6) is 0 Å². The first-order chi connectivity index (χ1) is 9.90. The summed E-state index contributed by atoms with van der Waals surface area (Å²) in [7, 11) is 0. The van der Waals surface area contributed by atoms with Gasteiger partial charge in [0.2, 0.25) is 0 Å². The van der Waals surface area contributed by atoms with Gasteiger partial charge in [-0.25, -0.2) is 13.2 Å². The zero-order chi connectivity index (χ0) is 15.6. The zero-order valence-corrected chi connectivity index (χ0v) is 11.3. The lowest BCUT2D eigenvalue weighted by molar-refractivity contribution is 0.102. The first-order valence-corrected chi connectivity index (χ1v) is 6.15. The number of anilines is 1. The molecule has 0 atom stereocenters. The van der Waals surface area contributed by atoms with Gasteiger partial charge in [-0.3, -0.25) is 4.79 Å². The molecule has 21 heavy (non-hydrogen) atoms. The molecule has 3 N–H and O–H groups in total. The molecule has 2 aromatic carbocycles. The summed E-state index contributed by atoms with van der Waals surface area (Å²) in [5, 5.41) is 2.36. The highest BCUT2D eigenvalue weighted by Crippen LogP contribution is 2.20. The van der Waals surface area contributed by atoms with E-state index in [-0.39, 0.29) is 21.8 Å². The standard InChI is InChI=1S/C14H9F3N2OS/c15-8-5-4-7(6-10(8)17)14(20)19-11-3-1-2-9(16)12(11)13(18)21/h1-6H,(H2,18,21)(H,19,20). The maximum atomic E-state index is 13.6. The predicted molar refractivity (Wildman–Crippen MR) is 76.6 cm³/mol. The van der Waals surface area contributed by atoms with Crippen LogP contribution in [-0.2, 0) is 0 Å². The van der Waals surface area contributed by atoms with Crippen LogP contribution in [0.3, 0.4) is 0 Å². The van der Waals surface area contributed by atoms with Crippen LogP contribution in [0.1, 0.15) is 15.9 Å². The lowest BCUT2D eigenvalue weighted by Crippen LogP contribution is -2.19. The molecule has 0 saturated carbocycles. The van der Waals surface area contributed by atoms with Crippen molar-refractivity contribution in [3.63, 3.8) is 0 Å². The third-order valence-corrected chi connectivity index (χ3v) is 2.89. The minimum atomic E-state index is -1.16. The van der Waals surface area contributed by atoms with Crippen LogP contribution >= 0.6 is 12.2 Å². The summed E-state index contributed by atoms with van der Waals surface area (Å²) in [5.41, 5.74) is 5.22. The van der Waals surface area contributed by atoms with E-state index in [1.165, 1.54) is 12.1 Å². The molecule has 0 fully saturated rings. The van der Waals surface area contributed by atoms with E-state index in [2.05, 4.69) is 5.32 Å². The number of carbonyl (C=O) groups excluding carboxylic acids is 1. The molecule has 0 aliphatic carbocycles. The third kappa shape index (κ3) is 3.19. The predicted octanol–water partition coefficient (Wildman–Crippen LogP) is 2.99. The molecule has 1 amide bonds. The van der Waals surface area contributed by atoms with Crippen LogP contribution in [0.15, 0.2) is 36.4 Å². The summed E-state index contributed by atoms with van der Waals surface area (Å²) in [6, 6.07) is 6.57. The van der Waals surface area contributed by atoms with E-state index >= 15 is 0 Å². The SMILES string of the molecule is NC(=S)c1c(F)cccc1NC(=O)c1ccc(F)c(F)c1. The molecule has 0 aliphatic rings. The summed E-state index contributed by atoms with van der Waals surface area (Å²) in [4.78, 5) is 11.7. The summed E-state index contributed by atoms with van der Waals surface area (Å²) in [6.45, 7) is 0. The highest BCUT2D eigenvalue weighted by atomic mass is 32.1. The monoisotopic (exact) mass is 310 g/mol. The van der Waals surface area contributed by atoms with Crippen LogP contribution in [0.4, 0.5) is 18.9 Å². The topological polar surface area (TPSA) is 55.1 Å². The molecule has 2 rings (SSSR count). The minimum absolute atomic E-state index is 0.0530. The first-order valence-electron chi connectivity index (χ1n) is 5.75. The largest absolute Gasteiger partial charge is 0.389 e. The number of nitrogens with one attached hydrogen (secondary N) is 1. The Balaban J connectivity index is 2.34. The first kappa shape index (κ1) is 15.0. The van der Waals surface area contributed by atoms with Gasteiger partial charge in [-0.15, -0.1) is 0 Å². The van der Waals surface area contributed by atoms with E-state index in [0.717, 1.165) is 24.3 Å². The molecular weight excluding hydrogens is 301 g/mol. The number of amides is 1. The van der Waals surface area contributed by atoms with Gasteiger partial charge in [-0.2, -0.15) is 0 Å². The molecule has 108 valence electrons. The molecule has 0 radical (unpaired) electrons. The molecule has 2 aromatic rings. The average molecular weight is 310 g/mol. The maximum absolute atomic E-state index is 13.6. The van der Waals surface area contributed by atoms with Crippen LogP contribution < -0.4 is 11.1 Å². The summed E-state index contributed by atoms with van der Waals surface area (Å²) >= 11 is 4.72. The molecular formula is C14H9F3N2OS. The zero-order valence-electron chi connectivity index (χ0n) is 10.5. The highest BCUT2D eigenvalue weighted by molar-refractivity contribution is 7.80. The van der Waals surface area contributed by atoms with Crippen molar-refractivity contribution < 1.29 is 18.0 Å². The molecule has 0 bridgehead atoms. The van der Waals surface area contributed by atoms with Crippen LogP contribution in [0.25, 0.3) is 0 Å². The molecule has 0 aliphatic heterocycles. The van der Waals surface area contributed by atoms with Gasteiger partial charge in [0.15, 0.2) is 11.6 Å². The van der Waals surface area contributed by atoms with E-state index in [9.17, 15) is 18.0 Å². The number of hydrogen-bond acceptors (Lipinski definition) is 2. The van der Waals surface area contributed by atoms with E-state index in [1.807, 2.05) is 0 Å². The van der Waals surface area contributed by atoms with Crippen molar-refractivity contribution >= 4 is 28.8 Å². The molecule has 0 unspecified atom stereocenters. The second kappa shape index (κ2) is 5.92. The lowest BCUT2D eigenvalue weighted by Gasteiger charge is -2.11. The second-order valence-corrected chi connectivity index (χ2v) is 4.55. The van der Waals surface area contributed by atoms with Crippen molar-refractivity contribution in [1.82, 2.24) is 0 Å². The van der Waals surface area contributed by atoms with Crippen molar-refractivity contribution in [1.29, 1.82) is 0 Å². The Hall–Kier alpha value is -2.41. The summed E-state index contributed by atoms with van der Waals surface area (Å²) in [5.74, 6) is -3.65. The number of nitrogens with two attached hydrogens (primary N) is 1. The number of carbonyl (C=O) groups is 1. The van der Waals surface area contributed by atoms with Crippen molar-refractivity contribution in [2.45, 2.75) is 0 Å². The molecule has 0 heterocycles. The number of rotatable bonds is 3. The Morgan fingerprint density at radius 3 is 2.38 bits per heavy atom. The van der Waals surface area contributed by atoms with Crippen molar-refractivity contribution in [2.24, 2.45) is 5.73 Å². The quantitative estimate of drug-likeness (QED) is 0.857. The van der Waals surface area contributed by atoms with Gasteiger partial charge >= 0.3 is 0 Å². The molecule has 0 saturated heterocycles. The van der Waals surface area contributed by atoms with Crippen LogP contribution in [0.2, 0.25) is 0 Å². The van der Waals surface area contributed by atoms with Crippen molar-refractivity contribution in [3.8, 4) is 0 Å². The maximum Gasteiger partial charge on any atom is 0.255 e. The van der Waals surface area contributed by atoms with Crippen molar-refractivity contribution in [3.05, 3.63) is 65.0 Å². The van der Waals surface area contributed by atoms with E-state index < -0.39 is 23.4 Å². The van der Waals surface area contributed by atoms with Gasteiger partial charge in [0.1, 0.15) is 10.8 Å². The third-order valence-electron chi connectivity index (χ3n) is 2.69. The Morgan fingerprint density at radius 2 is 1.76 bits per heavy atom. The van der Waals surface area contributed by atoms with Gasteiger partial charge in [0.25, 0.3) is 5.91 Å². The second-order valence-electron chi connectivity index (χ2n) is 4.11. The number of benzene rings is 2. The van der Waals surface area contributed by atoms with Crippen LogP contribution in [-0.4, -0.2) is 10.9 Å². The van der Waals surface area contributed by atoms with Gasteiger partial charge in [0.05, 0.1) is 11.3 Å². The van der Waals surface area contributed by atoms with E-state index in [4.69, 9.17) is 18.0 Å². The Bertz CT molecular complexity index is 734. The number of thiocarbonyl (C=S) groups is 1. The fourth-order valence-corrected chi connectivity index (χ4v) is 1.92. The molecule has 3 nitrogen and oxygen atoms in total. The normalized spacial score (nSPS) is 10.2. The van der Waals surface area contributed by atoms with E-state index in [0.29, 0.717) is 0 Å². The van der Waals surface area contributed by atoms with Crippen molar-refractivity contribution in [2.75, 3.05) is 5.32 Å². The van der Waals surface area contributed by atoms with E-state index in [1.54, 1.807) is 0 Å². The van der Waals surface area contributed by atoms with Crippen LogP contribution in [0, 0.1) is 17.5 Å². The van der Waals surface area contributed by atoms with Gasteiger partial charge in [0, 0.05) is 5.56 Å². The summed E-state index contributed by atoms with van der Waals surface area (Å²) < 4.78 is 39.6. The minimum Gasteiger partial charge on any atom is -0.389 e. The molecule has 0 aromatic heterocycles. The Morgan fingerprint density at radius 1 is 1.05 bits per heavy atom. The Labute approximate surface area is 123 Å².